The van der Waals surface area contributed by atoms with Gasteiger partial charge in [-0.25, -0.2) is 18.4 Å². The van der Waals surface area contributed by atoms with Gasteiger partial charge in [0.15, 0.2) is 6.17 Å². The Labute approximate surface area is 237 Å². The Kier molecular flexibility index (Phi) is 7.97. The summed E-state index contributed by atoms with van der Waals surface area (Å²) in [6.07, 6.45) is -1.38. The molecule has 4 amide bonds. The van der Waals surface area contributed by atoms with Gasteiger partial charge in [0.1, 0.15) is 11.6 Å². The van der Waals surface area contributed by atoms with Crippen LogP contribution in [0.5, 0.6) is 0 Å². The number of halogens is 6. The van der Waals surface area contributed by atoms with Crippen molar-refractivity contribution in [3.05, 3.63) is 91.9 Å². The minimum absolute atomic E-state index is 0.108. The van der Waals surface area contributed by atoms with E-state index >= 15 is 0 Å². The fraction of sp³-hybridized carbons (Fsp3) is 0.200. The van der Waals surface area contributed by atoms with Gasteiger partial charge in [0.2, 0.25) is 0 Å². The van der Waals surface area contributed by atoms with Gasteiger partial charge in [-0.2, -0.15) is 5.06 Å². The monoisotopic (exact) mass is 602 g/mol. The number of carbonyl (C=O) groups excluding carboxylic acids is 2. The number of rotatable bonds is 5. The van der Waals surface area contributed by atoms with Gasteiger partial charge in [-0.15, -0.1) is 0 Å². The maximum atomic E-state index is 14.5. The maximum absolute atomic E-state index is 14.5. The number of hydrogen-bond donors (Lipinski definition) is 2. The van der Waals surface area contributed by atoms with Crippen molar-refractivity contribution < 1.29 is 23.6 Å². The molecule has 1 atom stereocenters. The van der Waals surface area contributed by atoms with Crippen LogP contribution in [0.15, 0.2) is 54.6 Å². The van der Waals surface area contributed by atoms with Crippen molar-refractivity contribution in [2.45, 2.75) is 32.1 Å². The van der Waals surface area contributed by atoms with Gasteiger partial charge in [-0.1, -0.05) is 52.5 Å². The Morgan fingerprint density at radius 2 is 1.55 bits per heavy atom. The van der Waals surface area contributed by atoms with E-state index in [9.17, 15) is 23.6 Å². The molecule has 1 saturated heterocycles. The number of anilines is 2. The van der Waals surface area contributed by atoms with E-state index in [1.54, 1.807) is 13.8 Å². The van der Waals surface area contributed by atoms with Gasteiger partial charge in [0, 0.05) is 16.9 Å². The Balaban J connectivity index is 1.75. The normalized spacial score (nSPS) is 16.7. The highest BCUT2D eigenvalue weighted by Gasteiger charge is 2.56. The maximum Gasteiger partial charge on any atom is 0.347 e. The van der Waals surface area contributed by atoms with E-state index in [1.807, 2.05) is 0 Å². The minimum Gasteiger partial charge on any atom is -0.311 e. The van der Waals surface area contributed by atoms with Crippen molar-refractivity contribution >= 4 is 69.8 Å². The van der Waals surface area contributed by atoms with E-state index in [-0.39, 0.29) is 37.0 Å². The quantitative estimate of drug-likeness (QED) is 0.229. The zero-order valence-electron chi connectivity index (χ0n) is 19.9. The molecular weight excluding hydrogens is 584 g/mol. The van der Waals surface area contributed by atoms with Crippen LogP contribution in [0.1, 0.15) is 19.4 Å². The highest BCUT2D eigenvalue weighted by molar-refractivity contribution is 6.42. The van der Waals surface area contributed by atoms with Crippen molar-refractivity contribution in [3.8, 4) is 0 Å². The van der Waals surface area contributed by atoms with Crippen molar-refractivity contribution in [2.75, 3.05) is 10.2 Å². The molecule has 0 unspecified atom stereocenters. The molecule has 1 aliphatic rings. The average Bonchev–Trinajstić information content (AvgIpc) is 3.04. The molecule has 3 aromatic carbocycles. The lowest BCUT2D eigenvalue weighted by molar-refractivity contribution is -0.0955. The van der Waals surface area contributed by atoms with Crippen LogP contribution in [-0.4, -0.2) is 38.9 Å². The molecule has 13 heteroatoms. The summed E-state index contributed by atoms with van der Waals surface area (Å²) >= 11 is 24.2. The molecule has 0 radical (unpaired) electrons. The molecule has 0 aromatic heterocycles. The second-order valence-electron chi connectivity index (χ2n) is 8.97. The van der Waals surface area contributed by atoms with Crippen molar-refractivity contribution in [2.24, 2.45) is 0 Å². The number of urea groups is 2. The van der Waals surface area contributed by atoms with Gasteiger partial charge < -0.3 is 10.2 Å². The largest absolute Gasteiger partial charge is 0.347 e. The summed E-state index contributed by atoms with van der Waals surface area (Å²) in [6, 6.07) is 10.2. The molecule has 200 valence electrons. The minimum atomic E-state index is -1.39. The predicted molar refractivity (Wildman–Crippen MR) is 143 cm³/mol. The predicted octanol–water partition coefficient (Wildman–Crippen LogP) is 8.05. The Hall–Kier alpha value is -2.82. The lowest BCUT2D eigenvalue weighted by Gasteiger charge is -2.38. The Bertz CT molecular complexity index is 1410. The van der Waals surface area contributed by atoms with Crippen LogP contribution < -0.4 is 10.2 Å². The van der Waals surface area contributed by atoms with Crippen molar-refractivity contribution in [1.82, 2.24) is 9.96 Å². The van der Waals surface area contributed by atoms with Gasteiger partial charge in [0.25, 0.3) is 0 Å². The zero-order valence-corrected chi connectivity index (χ0v) is 22.9. The summed E-state index contributed by atoms with van der Waals surface area (Å²) in [5.41, 5.74) is -1.34. The third kappa shape index (κ3) is 5.21. The van der Waals surface area contributed by atoms with Crippen LogP contribution in [-0.2, 0) is 6.54 Å². The summed E-state index contributed by atoms with van der Waals surface area (Å²) in [7, 11) is 0. The number of nitrogens with zero attached hydrogens (tertiary/aromatic N) is 3. The van der Waals surface area contributed by atoms with Crippen LogP contribution in [0.3, 0.4) is 0 Å². The molecule has 0 bridgehead atoms. The van der Waals surface area contributed by atoms with Crippen LogP contribution in [0, 0.1) is 11.6 Å². The molecule has 3 aromatic rings. The summed E-state index contributed by atoms with van der Waals surface area (Å²) in [5.74, 6) is -1.70. The Morgan fingerprint density at radius 1 is 0.974 bits per heavy atom. The van der Waals surface area contributed by atoms with Gasteiger partial charge in [-0.3, -0.25) is 10.1 Å². The van der Waals surface area contributed by atoms with Crippen LogP contribution in [0.25, 0.3) is 0 Å². The van der Waals surface area contributed by atoms with E-state index in [2.05, 4.69) is 5.32 Å². The molecule has 1 aliphatic heterocycles. The smallest absolute Gasteiger partial charge is 0.311 e. The standard InChI is InChI=1S/C25H20Cl4F2N4O3/c1-25(2)22(35(38)23(36)32-13-6-8-16(26)18(28)10-13)34(14-7-9-17(27)19(29)11-14)24(37)33(25)12-15-20(30)4-3-5-21(15)31/h3-11,22,38H,12H2,1-2H3,(H,32,36)/t22-/m0/s1. The number of carbonyl (C=O) groups is 2. The molecule has 7 nitrogen and oxygen atoms in total. The van der Waals surface area contributed by atoms with Crippen LogP contribution >= 0.6 is 46.4 Å². The number of nitrogens with one attached hydrogen (secondary N) is 1. The van der Waals surface area contributed by atoms with Gasteiger partial charge in [-0.05, 0) is 62.4 Å². The SMILES string of the molecule is CC1(C)[C@H](N(O)C(=O)Nc2ccc(Cl)c(Cl)c2)N(c2ccc(Cl)c(Cl)c2)C(=O)N1Cc1c(F)cccc1F. The first-order valence-corrected chi connectivity index (χ1v) is 12.6. The van der Waals surface area contributed by atoms with Crippen LogP contribution in [0.4, 0.5) is 29.7 Å². The Morgan fingerprint density at radius 3 is 2.13 bits per heavy atom. The molecule has 2 N–H and O–H groups in total. The lowest BCUT2D eigenvalue weighted by atomic mass is 9.99. The van der Waals surface area contributed by atoms with E-state index < -0.39 is 41.9 Å². The molecule has 1 heterocycles. The van der Waals surface area contributed by atoms with Crippen molar-refractivity contribution in [3.63, 3.8) is 0 Å². The second kappa shape index (κ2) is 10.7. The lowest BCUT2D eigenvalue weighted by Crippen LogP contribution is -2.58. The molecule has 0 saturated carbocycles. The first kappa shape index (κ1) is 28.2. The summed E-state index contributed by atoms with van der Waals surface area (Å²) in [6.45, 7) is 2.60. The van der Waals surface area contributed by atoms with E-state index in [4.69, 9.17) is 46.4 Å². The molecular formula is C25H20Cl4F2N4O3. The first-order valence-electron chi connectivity index (χ1n) is 11.1. The second-order valence-corrected chi connectivity index (χ2v) is 10.6. The number of hydroxylamine groups is 2. The molecule has 38 heavy (non-hydrogen) atoms. The molecule has 0 spiro atoms. The van der Waals surface area contributed by atoms with Crippen molar-refractivity contribution in [1.29, 1.82) is 0 Å². The van der Waals surface area contributed by atoms with E-state index in [1.165, 1.54) is 42.5 Å². The first-order chi connectivity index (χ1) is 17.8. The number of amides is 4. The number of benzene rings is 3. The summed E-state index contributed by atoms with van der Waals surface area (Å²) in [5, 5.41) is 14.7. The average molecular weight is 604 g/mol. The summed E-state index contributed by atoms with van der Waals surface area (Å²) < 4.78 is 29.0. The van der Waals surface area contributed by atoms with Gasteiger partial charge in [0.05, 0.1) is 32.2 Å². The number of hydrogen-bond acceptors (Lipinski definition) is 3. The van der Waals surface area contributed by atoms with E-state index in [0.29, 0.717) is 5.06 Å². The molecule has 4 rings (SSSR count). The topological polar surface area (TPSA) is 76.1 Å². The highest BCUT2D eigenvalue weighted by Crippen LogP contribution is 2.41. The fourth-order valence-corrected chi connectivity index (χ4v) is 4.80. The fourth-order valence-electron chi connectivity index (χ4n) is 4.21. The molecule has 1 fully saturated rings. The van der Waals surface area contributed by atoms with E-state index in [0.717, 1.165) is 21.9 Å². The highest BCUT2D eigenvalue weighted by atomic mass is 35.5. The van der Waals surface area contributed by atoms with Gasteiger partial charge >= 0.3 is 12.1 Å². The summed E-state index contributed by atoms with van der Waals surface area (Å²) in [4.78, 5) is 29.1. The zero-order chi connectivity index (χ0) is 27.9. The third-order valence-electron chi connectivity index (χ3n) is 6.18. The molecule has 0 aliphatic carbocycles. The van der Waals surface area contributed by atoms with Crippen LogP contribution in [0.2, 0.25) is 20.1 Å². The third-order valence-corrected chi connectivity index (χ3v) is 7.66.